The Morgan fingerprint density at radius 3 is 2.38 bits per heavy atom. The average Bonchev–Trinajstić information content (AvgIpc) is 3.45. The molecule has 3 amide bonds. The first kappa shape index (κ1) is 25.7. The molecule has 0 fully saturated rings. The van der Waals surface area contributed by atoms with E-state index in [1.807, 2.05) is 48.5 Å². The minimum absolute atomic E-state index is 0.270. The number of fused-ring (bicyclic) bond motifs is 1. The van der Waals surface area contributed by atoms with E-state index in [0.717, 1.165) is 15.8 Å². The lowest BCUT2D eigenvalue weighted by Crippen LogP contribution is -2.48. The molecule has 2 N–H and O–H groups in total. The lowest BCUT2D eigenvalue weighted by atomic mass is 10.0. The third kappa shape index (κ3) is 6.16. The van der Waals surface area contributed by atoms with Gasteiger partial charge in [-0.25, -0.2) is 4.98 Å². The molecule has 39 heavy (non-hydrogen) atoms. The van der Waals surface area contributed by atoms with Crippen LogP contribution in [0.25, 0.3) is 10.2 Å². The van der Waals surface area contributed by atoms with Crippen molar-refractivity contribution in [1.29, 1.82) is 0 Å². The van der Waals surface area contributed by atoms with Gasteiger partial charge in [-0.05, 0) is 54.1 Å². The number of rotatable bonds is 8. The number of thiazole rings is 1. The molecule has 5 aromatic rings. The van der Waals surface area contributed by atoms with Crippen LogP contribution in [0.4, 0.5) is 11.4 Å². The van der Waals surface area contributed by atoms with Crippen LogP contribution in [-0.4, -0.2) is 40.8 Å². The van der Waals surface area contributed by atoms with E-state index in [2.05, 4.69) is 20.6 Å². The first-order valence-electron chi connectivity index (χ1n) is 12.2. The minimum atomic E-state index is -0.842. The van der Waals surface area contributed by atoms with Crippen molar-refractivity contribution >= 4 is 50.6 Å². The highest BCUT2D eigenvalue weighted by Gasteiger charge is 2.26. The Kier molecular flexibility index (Phi) is 7.70. The fourth-order valence-electron chi connectivity index (χ4n) is 4.15. The lowest BCUT2D eigenvalue weighted by molar-refractivity contribution is -0.120. The van der Waals surface area contributed by atoms with Crippen molar-refractivity contribution in [1.82, 2.24) is 15.3 Å². The molecule has 0 radical (unpaired) electrons. The van der Waals surface area contributed by atoms with Gasteiger partial charge in [0.25, 0.3) is 11.8 Å². The summed E-state index contributed by atoms with van der Waals surface area (Å²) in [6.45, 7) is 0. The van der Waals surface area contributed by atoms with Crippen molar-refractivity contribution in [2.75, 3.05) is 17.3 Å². The number of anilines is 2. The number of hydrogen-bond acceptors (Lipinski definition) is 6. The Labute approximate surface area is 229 Å². The maximum Gasteiger partial charge on any atom is 0.255 e. The molecule has 0 aliphatic rings. The molecule has 1 atom stereocenters. The van der Waals surface area contributed by atoms with Crippen molar-refractivity contribution in [3.63, 3.8) is 0 Å². The van der Waals surface area contributed by atoms with Crippen molar-refractivity contribution in [2.24, 2.45) is 0 Å². The molecule has 5 rings (SSSR count). The van der Waals surface area contributed by atoms with E-state index >= 15 is 0 Å². The zero-order chi connectivity index (χ0) is 27.2. The fourth-order valence-corrected chi connectivity index (χ4v) is 4.81. The van der Waals surface area contributed by atoms with Gasteiger partial charge < -0.3 is 15.5 Å². The van der Waals surface area contributed by atoms with Crippen LogP contribution in [0.2, 0.25) is 0 Å². The second-order valence-electron chi connectivity index (χ2n) is 8.89. The quantitative estimate of drug-likeness (QED) is 0.293. The molecule has 8 nitrogen and oxygen atoms in total. The van der Waals surface area contributed by atoms with Gasteiger partial charge in [0.15, 0.2) is 0 Å². The molecule has 0 saturated heterocycles. The predicted octanol–water partition coefficient (Wildman–Crippen LogP) is 4.95. The Morgan fingerprint density at radius 2 is 1.62 bits per heavy atom. The third-order valence-corrected chi connectivity index (χ3v) is 7.05. The van der Waals surface area contributed by atoms with E-state index < -0.39 is 11.9 Å². The Morgan fingerprint density at radius 1 is 0.872 bits per heavy atom. The number of nitrogens with one attached hydrogen (secondary N) is 2. The summed E-state index contributed by atoms with van der Waals surface area (Å²) in [7, 11) is 1.68. The zero-order valence-electron chi connectivity index (χ0n) is 21.1. The smallest absolute Gasteiger partial charge is 0.255 e. The average molecular weight is 536 g/mol. The molecular formula is C30H25N5O3S. The fraction of sp³-hybridized carbons (Fsp3) is 0.100. The molecular weight excluding hydrogens is 510 g/mol. The molecule has 0 unspecified atom stereocenters. The number of hydrogen-bond donors (Lipinski definition) is 2. The lowest BCUT2D eigenvalue weighted by Gasteiger charge is -2.25. The van der Waals surface area contributed by atoms with Crippen LogP contribution >= 0.6 is 11.3 Å². The summed E-state index contributed by atoms with van der Waals surface area (Å²) >= 11 is 1.53. The normalized spacial score (nSPS) is 11.5. The van der Waals surface area contributed by atoms with Crippen molar-refractivity contribution in [3.05, 3.63) is 120 Å². The summed E-state index contributed by atoms with van der Waals surface area (Å²) in [6, 6.07) is 24.1. The Bertz CT molecular complexity index is 1620. The summed E-state index contributed by atoms with van der Waals surface area (Å²) in [4.78, 5) is 49.6. The van der Waals surface area contributed by atoms with Gasteiger partial charge in [-0.1, -0.05) is 36.4 Å². The summed E-state index contributed by atoms with van der Waals surface area (Å²) in [5.74, 6) is -1.08. The van der Waals surface area contributed by atoms with Gasteiger partial charge in [-0.15, -0.1) is 11.3 Å². The van der Waals surface area contributed by atoms with Gasteiger partial charge in [0.05, 0.1) is 15.7 Å². The summed E-state index contributed by atoms with van der Waals surface area (Å²) in [5.41, 5.74) is 5.35. The molecule has 0 aliphatic heterocycles. The second-order valence-corrected chi connectivity index (χ2v) is 9.77. The highest BCUT2D eigenvalue weighted by atomic mass is 32.1. The van der Waals surface area contributed by atoms with E-state index in [1.54, 1.807) is 55.3 Å². The van der Waals surface area contributed by atoms with E-state index in [-0.39, 0.29) is 17.4 Å². The van der Waals surface area contributed by atoms with Crippen LogP contribution in [0, 0.1) is 0 Å². The molecule has 2 heterocycles. The van der Waals surface area contributed by atoms with E-state index in [9.17, 15) is 14.4 Å². The van der Waals surface area contributed by atoms with Crippen LogP contribution in [0.1, 0.15) is 26.3 Å². The predicted molar refractivity (Wildman–Crippen MR) is 153 cm³/mol. The van der Waals surface area contributed by atoms with E-state index in [1.165, 1.54) is 22.3 Å². The van der Waals surface area contributed by atoms with Gasteiger partial charge >= 0.3 is 0 Å². The molecule has 0 saturated carbocycles. The maximum atomic E-state index is 13.7. The van der Waals surface area contributed by atoms with Crippen LogP contribution in [0.15, 0.2) is 103 Å². The third-order valence-electron chi connectivity index (χ3n) is 6.24. The summed E-state index contributed by atoms with van der Waals surface area (Å²) in [5, 5.41) is 5.68. The monoisotopic (exact) mass is 535 g/mol. The van der Waals surface area contributed by atoms with Gasteiger partial charge in [-0.2, -0.15) is 0 Å². The topological polar surface area (TPSA) is 104 Å². The molecule has 194 valence electrons. The first-order chi connectivity index (χ1) is 19.0. The highest BCUT2D eigenvalue weighted by molar-refractivity contribution is 7.16. The van der Waals surface area contributed by atoms with Crippen LogP contribution < -0.4 is 15.5 Å². The number of nitrogens with zero attached hydrogens (tertiary/aromatic N) is 3. The molecule has 3 aromatic carbocycles. The van der Waals surface area contributed by atoms with E-state index in [0.29, 0.717) is 23.4 Å². The zero-order valence-corrected chi connectivity index (χ0v) is 21.9. The number of pyridine rings is 1. The number of carbonyl (C=O) groups is 3. The molecule has 0 bridgehead atoms. The van der Waals surface area contributed by atoms with Crippen LogP contribution in [0.5, 0.6) is 0 Å². The second kappa shape index (κ2) is 11.7. The van der Waals surface area contributed by atoms with Gasteiger partial charge in [0.1, 0.15) is 6.04 Å². The summed E-state index contributed by atoms with van der Waals surface area (Å²) < 4.78 is 1.03. The van der Waals surface area contributed by atoms with E-state index in [4.69, 9.17) is 0 Å². The minimum Gasteiger partial charge on any atom is -0.340 e. The number of aromatic nitrogens is 2. The number of amides is 3. The molecule has 2 aromatic heterocycles. The number of likely N-dealkylation sites (N-methyl/N-ethyl adjacent to an activating group) is 1. The maximum absolute atomic E-state index is 13.7. The van der Waals surface area contributed by atoms with Crippen molar-refractivity contribution < 1.29 is 14.4 Å². The Hall–Kier alpha value is -4.89. The van der Waals surface area contributed by atoms with Crippen LogP contribution in [-0.2, 0) is 11.2 Å². The van der Waals surface area contributed by atoms with Crippen LogP contribution in [0.3, 0.4) is 0 Å². The number of benzene rings is 3. The molecule has 0 spiro atoms. The Balaban J connectivity index is 1.36. The van der Waals surface area contributed by atoms with Gasteiger partial charge in [0, 0.05) is 48.4 Å². The SMILES string of the molecule is CN(C(=O)[C@H](Cc1ccccc1)NC(=O)c1cccc(C(=O)Nc2ccncc2)c1)c1ccc2scnc2c1. The molecule has 9 heteroatoms. The van der Waals surface area contributed by atoms with Gasteiger partial charge in [-0.3, -0.25) is 19.4 Å². The standard InChI is InChI=1S/C30H25N5O3S/c1-35(24-10-11-27-25(18-24)32-19-39-27)30(38)26(16-20-6-3-2-4-7-20)34-29(37)22-9-5-8-21(17-22)28(36)33-23-12-14-31-15-13-23/h2-15,17-19,26H,16H2,1H3,(H,34,37)(H,31,33,36)/t26-/m0/s1. The number of carbonyl (C=O) groups excluding carboxylic acids is 3. The highest BCUT2D eigenvalue weighted by Crippen LogP contribution is 2.24. The van der Waals surface area contributed by atoms with Crippen molar-refractivity contribution in [3.8, 4) is 0 Å². The van der Waals surface area contributed by atoms with Crippen molar-refractivity contribution in [2.45, 2.75) is 12.5 Å². The first-order valence-corrected chi connectivity index (χ1v) is 13.1. The molecule has 0 aliphatic carbocycles. The largest absolute Gasteiger partial charge is 0.340 e. The summed E-state index contributed by atoms with van der Waals surface area (Å²) in [6.07, 6.45) is 3.46. The van der Waals surface area contributed by atoms with Gasteiger partial charge in [0.2, 0.25) is 5.91 Å².